The summed E-state index contributed by atoms with van der Waals surface area (Å²) in [4.78, 5) is 5.33. The molecule has 0 fully saturated rings. The van der Waals surface area contributed by atoms with Gasteiger partial charge in [-0.25, -0.2) is 0 Å². The predicted molar refractivity (Wildman–Crippen MR) is 159 cm³/mol. The van der Waals surface area contributed by atoms with Crippen molar-refractivity contribution >= 4 is 51.4 Å². The maximum Gasteiger partial charge on any atom is 0.288 e. The maximum absolute atomic E-state index is 12.7. The number of amidine groups is 1. The Balaban J connectivity index is 0.00000481. The average Bonchev–Trinajstić information content (AvgIpc) is 2.86. The Bertz CT molecular complexity index is 1150. The lowest BCUT2D eigenvalue weighted by Gasteiger charge is -2.19. The molecule has 3 aromatic carbocycles. The molecule has 0 bridgehead atoms. The fourth-order valence-electron chi connectivity index (χ4n) is 3.36. The van der Waals surface area contributed by atoms with E-state index in [1.54, 1.807) is 50.2 Å². The molecule has 3 aromatic rings. The number of benzene rings is 3. The van der Waals surface area contributed by atoms with Gasteiger partial charge in [-0.15, -0.1) is 17.0 Å². The van der Waals surface area contributed by atoms with Crippen LogP contribution in [0.15, 0.2) is 76.6 Å². The van der Waals surface area contributed by atoms with Gasteiger partial charge in [0.25, 0.3) is 5.76 Å². The molecule has 0 aromatic heterocycles. The van der Waals surface area contributed by atoms with Gasteiger partial charge in [0.1, 0.15) is 0 Å². The summed E-state index contributed by atoms with van der Waals surface area (Å²) in [7, 11) is 3.21. The number of thioether (sulfide) groups is 2. The molecule has 0 aliphatic carbocycles. The van der Waals surface area contributed by atoms with Crippen molar-refractivity contribution in [3.63, 3.8) is 0 Å². The molecule has 0 unspecified atom stereocenters. The molecule has 200 valence electrons. The Kier molecular flexibility index (Phi) is 12.3. The van der Waals surface area contributed by atoms with Gasteiger partial charge < -0.3 is 14.8 Å². The first kappa shape index (κ1) is 31.0. The van der Waals surface area contributed by atoms with Gasteiger partial charge in [-0.2, -0.15) is 8.78 Å². The summed E-state index contributed by atoms with van der Waals surface area (Å²) in [5, 5.41) is 4.08. The highest BCUT2D eigenvalue weighted by Crippen LogP contribution is 2.29. The molecule has 37 heavy (non-hydrogen) atoms. The lowest BCUT2D eigenvalue weighted by atomic mass is 9.87. The van der Waals surface area contributed by atoms with Crippen molar-refractivity contribution in [1.82, 2.24) is 0 Å². The number of halogens is 3. The highest BCUT2D eigenvalue weighted by atomic mass is 79.9. The fraction of sp³-hybridized carbons (Fsp3) is 0.321. The fourth-order valence-corrected chi connectivity index (χ4v) is 4.70. The van der Waals surface area contributed by atoms with Crippen molar-refractivity contribution in [3.05, 3.63) is 83.4 Å². The normalized spacial score (nSPS) is 11.7. The summed E-state index contributed by atoms with van der Waals surface area (Å²) in [6.07, 6.45) is 0. The summed E-state index contributed by atoms with van der Waals surface area (Å²) in [6, 6.07) is 21.3. The molecule has 0 saturated carbocycles. The molecule has 0 aliphatic heterocycles. The van der Waals surface area contributed by atoms with Crippen LogP contribution in [0.2, 0.25) is 0 Å². The topological polar surface area (TPSA) is 42.8 Å². The molecule has 0 atom stereocenters. The Labute approximate surface area is 237 Å². The van der Waals surface area contributed by atoms with Gasteiger partial charge in [-0.3, -0.25) is 4.99 Å². The van der Waals surface area contributed by atoms with Gasteiger partial charge >= 0.3 is 0 Å². The van der Waals surface area contributed by atoms with E-state index in [0.29, 0.717) is 34.7 Å². The summed E-state index contributed by atoms with van der Waals surface area (Å²) >= 11 is 2.12. The molecule has 0 heterocycles. The highest BCUT2D eigenvalue weighted by Gasteiger charge is 2.13. The number of ether oxygens (including phenoxy) is 2. The smallest absolute Gasteiger partial charge is 0.288 e. The molecule has 4 nitrogen and oxygen atoms in total. The third kappa shape index (κ3) is 9.87. The molecule has 0 amide bonds. The monoisotopic (exact) mass is 610 g/mol. The van der Waals surface area contributed by atoms with Gasteiger partial charge in [0.15, 0.2) is 16.7 Å². The van der Waals surface area contributed by atoms with Crippen molar-refractivity contribution in [3.8, 4) is 11.5 Å². The van der Waals surface area contributed by atoms with Crippen molar-refractivity contribution in [2.75, 3.05) is 19.5 Å². The number of nitrogens with zero attached hydrogens (tertiary/aromatic N) is 1. The molecular formula is C28H33BrF2N2O2S2. The van der Waals surface area contributed by atoms with E-state index in [9.17, 15) is 8.78 Å². The number of anilines is 1. The van der Waals surface area contributed by atoms with Crippen molar-refractivity contribution in [2.24, 2.45) is 4.99 Å². The highest BCUT2D eigenvalue weighted by molar-refractivity contribution is 8.93. The van der Waals surface area contributed by atoms with Gasteiger partial charge in [-0.1, -0.05) is 74.6 Å². The third-order valence-electron chi connectivity index (χ3n) is 5.38. The van der Waals surface area contributed by atoms with E-state index in [-0.39, 0.29) is 22.4 Å². The Morgan fingerprint density at radius 2 is 1.51 bits per heavy atom. The van der Waals surface area contributed by atoms with E-state index < -0.39 is 5.76 Å². The summed E-state index contributed by atoms with van der Waals surface area (Å²) < 4.78 is 36.0. The van der Waals surface area contributed by atoms with Crippen LogP contribution < -0.4 is 14.8 Å². The number of hydrogen-bond donors (Lipinski definition) is 1. The van der Waals surface area contributed by atoms with Gasteiger partial charge in [0.2, 0.25) is 0 Å². The van der Waals surface area contributed by atoms with E-state index in [1.165, 1.54) is 11.1 Å². The molecule has 9 heteroatoms. The lowest BCUT2D eigenvalue weighted by Crippen LogP contribution is -2.11. The lowest BCUT2D eigenvalue weighted by molar-refractivity contribution is 0.252. The van der Waals surface area contributed by atoms with Crippen LogP contribution in [0.3, 0.4) is 0 Å². The summed E-state index contributed by atoms with van der Waals surface area (Å²) in [5.41, 5.74) is 4.35. The minimum atomic E-state index is -2.44. The Hall–Kier alpha value is -2.23. The molecule has 3 rings (SSSR count). The molecule has 0 saturated heterocycles. The third-order valence-corrected chi connectivity index (χ3v) is 7.08. The van der Waals surface area contributed by atoms with Crippen LogP contribution in [-0.2, 0) is 17.7 Å². The Morgan fingerprint density at radius 3 is 2.08 bits per heavy atom. The SMILES string of the molecule is Br.COc1ccc(CN=C(Nc2ccc(SC(F)F)cc2)SCc2ccc(C(C)(C)C)cc2)cc1OC. The zero-order valence-electron chi connectivity index (χ0n) is 21.6. The second-order valence-corrected chi connectivity index (χ2v) is 11.1. The van der Waals surface area contributed by atoms with Crippen LogP contribution >= 0.6 is 40.5 Å². The van der Waals surface area contributed by atoms with Crippen LogP contribution in [0.5, 0.6) is 11.5 Å². The van der Waals surface area contributed by atoms with Gasteiger partial charge in [-0.05, 0) is 58.5 Å². The Morgan fingerprint density at radius 1 is 0.892 bits per heavy atom. The predicted octanol–water partition coefficient (Wildman–Crippen LogP) is 8.80. The zero-order chi connectivity index (χ0) is 26.1. The van der Waals surface area contributed by atoms with E-state index in [4.69, 9.17) is 14.5 Å². The average molecular weight is 612 g/mol. The number of rotatable bonds is 9. The first-order chi connectivity index (χ1) is 17.2. The molecule has 0 aliphatic rings. The van der Waals surface area contributed by atoms with E-state index in [2.05, 4.69) is 50.4 Å². The molecule has 0 radical (unpaired) electrons. The van der Waals surface area contributed by atoms with Crippen molar-refractivity contribution in [1.29, 1.82) is 0 Å². The first-order valence-electron chi connectivity index (χ1n) is 11.5. The second kappa shape index (κ2) is 14.6. The van der Waals surface area contributed by atoms with E-state index in [1.807, 2.05) is 18.2 Å². The van der Waals surface area contributed by atoms with E-state index >= 15 is 0 Å². The number of alkyl halides is 2. The van der Waals surface area contributed by atoms with Crippen LogP contribution in [0, 0.1) is 0 Å². The summed E-state index contributed by atoms with van der Waals surface area (Å²) in [6.45, 7) is 7.04. The zero-order valence-corrected chi connectivity index (χ0v) is 24.9. The van der Waals surface area contributed by atoms with E-state index in [0.717, 1.165) is 22.2 Å². The first-order valence-corrected chi connectivity index (χ1v) is 13.3. The van der Waals surface area contributed by atoms with Crippen LogP contribution in [0.25, 0.3) is 0 Å². The second-order valence-electron chi connectivity index (χ2n) is 9.07. The van der Waals surface area contributed by atoms with Crippen molar-refractivity contribution in [2.45, 2.75) is 49.1 Å². The van der Waals surface area contributed by atoms with Crippen LogP contribution in [-0.4, -0.2) is 25.1 Å². The standard InChI is InChI=1S/C28H32F2N2O2S2.BrH/c1-28(2,3)21-9-6-19(7-10-21)18-35-27(32-22-11-13-23(14-12-22)36-26(29)30)31-17-20-8-15-24(33-4)25(16-20)34-5;/h6-16,26H,17-18H2,1-5H3,(H,31,32);1H. The molecule has 0 spiro atoms. The number of hydrogen-bond acceptors (Lipinski definition) is 5. The van der Waals surface area contributed by atoms with Crippen LogP contribution in [0.1, 0.15) is 37.5 Å². The van der Waals surface area contributed by atoms with Gasteiger partial charge in [0.05, 0.1) is 20.8 Å². The van der Waals surface area contributed by atoms with Crippen molar-refractivity contribution < 1.29 is 18.3 Å². The number of aliphatic imine (C=N–C) groups is 1. The largest absolute Gasteiger partial charge is 0.493 e. The minimum absolute atomic E-state index is 0. The summed E-state index contributed by atoms with van der Waals surface area (Å²) in [5.74, 6) is -0.388. The molecular weight excluding hydrogens is 578 g/mol. The quantitative estimate of drug-likeness (QED) is 0.149. The minimum Gasteiger partial charge on any atom is -0.493 e. The maximum atomic E-state index is 12.7. The van der Waals surface area contributed by atoms with Crippen LogP contribution in [0.4, 0.5) is 14.5 Å². The molecule has 1 N–H and O–H groups in total. The van der Waals surface area contributed by atoms with Gasteiger partial charge in [0, 0.05) is 16.3 Å². The number of methoxy groups -OCH3 is 2. The number of nitrogens with one attached hydrogen (secondary N) is 1.